The molecule has 1 heterocycles. The summed E-state index contributed by atoms with van der Waals surface area (Å²) in [4.78, 5) is 27.3. The SMILES string of the molecule is CC(=O)c1ccc(NC(=O)C2(c3c[nH]c4ccc(F)cc34)CC2)cc1. The highest BCUT2D eigenvalue weighted by atomic mass is 19.1. The number of aromatic nitrogens is 1. The number of Topliss-reactive ketones (excluding diaryl/α,β-unsaturated/α-hetero) is 1. The van der Waals surface area contributed by atoms with Crippen molar-refractivity contribution in [3.63, 3.8) is 0 Å². The zero-order valence-corrected chi connectivity index (χ0v) is 13.7. The van der Waals surface area contributed by atoms with E-state index in [9.17, 15) is 14.0 Å². The molecule has 1 saturated carbocycles. The summed E-state index contributed by atoms with van der Waals surface area (Å²) < 4.78 is 13.6. The zero-order valence-electron chi connectivity index (χ0n) is 13.7. The lowest BCUT2D eigenvalue weighted by atomic mass is 9.94. The van der Waals surface area contributed by atoms with Crippen molar-refractivity contribution in [2.45, 2.75) is 25.2 Å². The Balaban J connectivity index is 1.62. The minimum atomic E-state index is -0.620. The molecule has 5 heteroatoms. The fourth-order valence-electron chi connectivity index (χ4n) is 3.27. The molecule has 126 valence electrons. The number of benzene rings is 2. The Morgan fingerprint density at radius 1 is 1.12 bits per heavy atom. The van der Waals surface area contributed by atoms with Crippen LogP contribution in [0, 0.1) is 5.82 Å². The maximum Gasteiger partial charge on any atom is 0.235 e. The normalized spacial score (nSPS) is 15.1. The average molecular weight is 336 g/mol. The summed E-state index contributed by atoms with van der Waals surface area (Å²) >= 11 is 0. The van der Waals surface area contributed by atoms with Gasteiger partial charge in [-0.25, -0.2) is 4.39 Å². The first-order valence-electron chi connectivity index (χ1n) is 8.19. The molecule has 0 aliphatic heterocycles. The van der Waals surface area contributed by atoms with Gasteiger partial charge >= 0.3 is 0 Å². The summed E-state index contributed by atoms with van der Waals surface area (Å²) in [5.41, 5.74) is 2.28. The third-order valence-corrected chi connectivity index (χ3v) is 4.89. The summed E-state index contributed by atoms with van der Waals surface area (Å²) in [6.07, 6.45) is 3.26. The first kappa shape index (κ1) is 15.6. The molecule has 0 radical (unpaired) electrons. The van der Waals surface area contributed by atoms with Gasteiger partial charge in [0.05, 0.1) is 5.41 Å². The van der Waals surface area contributed by atoms with Crippen LogP contribution in [-0.2, 0) is 10.2 Å². The van der Waals surface area contributed by atoms with E-state index in [1.54, 1.807) is 36.5 Å². The van der Waals surface area contributed by atoms with E-state index in [0.717, 1.165) is 29.3 Å². The van der Waals surface area contributed by atoms with Crippen molar-refractivity contribution in [1.29, 1.82) is 0 Å². The Labute approximate surface area is 144 Å². The lowest BCUT2D eigenvalue weighted by molar-refractivity contribution is -0.118. The Hall–Kier alpha value is -2.95. The van der Waals surface area contributed by atoms with Crippen LogP contribution in [0.4, 0.5) is 10.1 Å². The molecule has 1 aromatic heterocycles. The predicted molar refractivity (Wildman–Crippen MR) is 94.2 cm³/mol. The van der Waals surface area contributed by atoms with Crippen molar-refractivity contribution in [2.75, 3.05) is 5.32 Å². The highest BCUT2D eigenvalue weighted by Gasteiger charge is 2.52. The lowest BCUT2D eigenvalue weighted by Crippen LogP contribution is -2.27. The minimum Gasteiger partial charge on any atom is -0.361 e. The Bertz CT molecular complexity index is 985. The number of anilines is 1. The van der Waals surface area contributed by atoms with E-state index in [1.165, 1.54) is 19.1 Å². The number of H-pyrrole nitrogens is 1. The van der Waals surface area contributed by atoms with E-state index in [1.807, 2.05) is 0 Å². The van der Waals surface area contributed by atoms with E-state index in [0.29, 0.717) is 11.3 Å². The van der Waals surface area contributed by atoms with Gasteiger partial charge in [-0.15, -0.1) is 0 Å². The number of amides is 1. The van der Waals surface area contributed by atoms with Crippen LogP contribution in [0.2, 0.25) is 0 Å². The second-order valence-electron chi connectivity index (χ2n) is 6.56. The second-order valence-corrected chi connectivity index (χ2v) is 6.56. The monoisotopic (exact) mass is 336 g/mol. The molecule has 4 rings (SSSR count). The number of aromatic amines is 1. The van der Waals surface area contributed by atoms with Crippen LogP contribution in [0.15, 0.2) is 48.7 Å². The largest absolute Gasteiger partial charge is 0.361 e. The molecule has 25 heavy (non-hydrogen) atoms. The molecule has 1 fully saturated rings. The summed E-state index contributed by atoms with van der Waals surface area (Å²) in [5.74, 6) is -0.435. The first-order valence-corrected chi connectivity index (χ1v) is 8.19. The van der Waals surface area contributed by atoms with Gasteiger partial charge in [-0.2, -0.15) is 0 Å². The molecule has 3 aromatic rings. The molecule has 2 N–H and O–H groups in total. The fraction of sp³-hybridized carbons (Fsp3) is 0.200. The van der Waals surface area contributed by atoms with Crippen molar-refractivity contribution in [2.24, 2.45) is 0 Å². The Morgan fingerprint density at radius 2 is 1.84 bits per heavy atom. The van der Waals surface area contributed by atoms with Gasteiger partial charge in [-0.3, -0.25) is 9.59 Å². The average Bonchev–Trinajstić information content (AvgIpc) is 3.30. The molecule has 1 amide bonds. The second kappa shape index (κ2) is 5.55. The molecule has 0 unspecified atom stereocenters. The van der Waals surface area contributed by atoms with E-state index < -0.39 is 5.41 Å². The third kappa shape index (κ3) is 2.61. The topological polar surface area (TPSA) is 62.0 Å². The maximum atomic E-state index is 13.6. The predicted octanol–water partition coefficient (Wildman–Crippen LogP) is 4.18. The molecule has 1 aliphatic carbocycles. The van der Waals surface area contributed by atoms with E-state index in [4.69, 9.17) is 0 Å². The Kier molecular flexibility index (Phi) is 3.46. The summed E-state index contributed by atoms with van der Waals surface area (Å²) in [6, 6.07) is 11.4. The first-order chi connectivity index (χ1) is 12.0. The van der Waals surface area contributed by atoms with Crippen LogP contribution >= 0.6 is 0 Å². The number of fused-ring (bicyclic) bond motifs is 1. The van der Waals surface area contributed by atoms with Crippen LogP contribution in [0.25, 0.3) is 10.9 Å². The van der Waals surface area contributed by atoms with Gasteiger partial charge in [0.1, 0.15) is 5.82 Å². The molecule has 0 bridgehead atoms. The number of hydrogen-bond acceptors (Lipinski definition) is 2. The van der Waals surface area contributed by atoms with Crippen molar-refractivity contribution in [3.05, 3.63) is 65.6 Å². The van der Waals surface area contributed by atoms with E-state index >= 15 is 0 Å². The van der Waals surface area contributed by atoms with Gasteiger partial charge in [0.25, 0.3) is 0 Å². The van der Waals surface area contributed by atoms with Gasteiger partial charge in [-0.1, -0.05) is 0 Å². The molecular formula is C20H17FN2O2. The molecule has 0 spiro atoms. The van der Waals surface area contributed by atoms with Gasteiger partial charge in [-0.05, 0) is 67.8 Å². The van der Waals surface area contributed by atoms with Gasteiger partial charge in [0.15, 0.2) is 5.78 Å². The van der Waals surface area contributed by atoms with Crippen LogP contribution in [0.1, 0.15) is 35.7 Å². The number of carbonyl (C=O) groups excluding carboxylic acids is 2. The summed E-state index contributed by atoms with van der Waals surface area (Å²) in [7, 11) is 0. The van der Waals surface area contributed by atoms with Gasteiger partial charge in [0, 0.05) is 28.4 Å². The molecule has 2 aromatic carbocycles. The van der Waals surface area contributed by atoms with Crippen molar-refractivity contribution in [3.8, 4) is 0 Å². The number of hydrogen-bond donors (Lipinski definition) is 2. The zero-order chi connectivity index (χ0) is 17.6. The van der Waals surface area contributed by atoms with Gasteiger partial charge in [0.2, 0.25) is 5.91 Å². The summed E-state index contributed by atoms with van der Waals surface area (Å²) in [6.45, 7) is 1.50. The maximum absolute atomic E-state index is 13.6. The van der Waals surface area contributed by atoms with E-state index in [-0.39, 0.29) is 17.5 Å². The third-order valence-electron chi connectivity index (χ3n) is 4.89. The lowest BCUT2D eigenvalue weighted by Gasteiger charge is -2.15. The number of rotatable bonds is 4. The minimum absolute atomic E-state index is 0.0163. The van der Waals surface area contributed by atoms with Crippen molar-refractivity contribution >= 4 is 28.3 Å². The molecular weight excluding hydrogens is 319 g/mol. The van der Waals surface area contributed by atoms with Gasteiger partial charge < -0.3 is 10.3 Å². The highest BCUT2D eigenvalue weighted by molar-refractivity contribution is 6.04. The molecule has 0 atom stereocenters. The number of carbonyl (C=O) groups is 2. The van der Waals surface area contributed by atoms with E-state index in [2.05, 4.69) is 10.3 Å². The van der Waals surface area contributed by atoms with Crippen molar-refractivity contribution < 1.29 is 14.0 Å². The molecule has 0 saturated heterocycles. The number of nitrogens with one attached hydrogen (secondary N) is 2. The van der Waals surface area contributed by atoms with Crippen LogP contribution < -0.4 is 5.32 Å². The van der Waals surface area contributed by atoms with Crippen molar-refractivity contribution in [1.82, 2.24) is 4.98 Å². The smallest absolute Gasteiger partial charge is 0.235 e. The van der Waals surface area contributed by atoms with Crippen LogP contribution in [0.5, 0.6) is 0 Å². The van der Waals surface area contributed by atoms with Crippen LogP contribution in [0.3, 0.4) is 0 Å². The van der Waals surface area contributed by atoms with Crippen LogP contribution in [-0.4, -0.2) is 16.7 Å². The quantitative estimate of drug-likeness (QED) is 0.702. The standard InChI is InChI=1S/C20H17FN2O2/c1-12(24)13-2-5-15(6-3-13)23-19(25)20(8-9-20)17-11-22-18-7-4-14(21)10-16(17)18/h2-7,10-11,22H,8-9H2,1H3,(H,23,25). The number of ketones is 1. The fourth-order valence-corrected chi connectivity index (χ4v) is 3.27. The number of halogens is 1. The Morgan fingerprint density at radius 3 is 2.48 bits per heavy atom. The summed E-state index contributed by atoms with van der Waals surface area (Å²) in [5, 5.41) is 3.67. The molecule has 1 aliphatic rings. The highest BCUT2D eigenvalue weighted by Crippen LogP contribution is 2.51. The molecule has 4 nitrogen and oxygen atoms in total.